The van der Waals surface area contributed by atoms with Gasteiger partial charge in [-0.2, -0.15) is 0 Å². The lowest BCUT2D eigenvalue weighted by Crippen LogP contribution is -2.44. The Balaban J connectivity index is 2.63. The summed E-state index contributed by atoms with van der Waals surface area (Å²) < 4.78 is 12.5. The first-order valence-corrected chi connectivity index (χ1v) is 4.09. The number of carbonyl (C=O) groups is 1. The molecule has 0 aromatic rings. The number of carboxylic acids is 1. The van der Waals surface area contributed by atoms with Gasteiger partial charge in [0.05, 0.1) is 5.41 Å². The van der Waals surface area contributed by atoms with Crippen molar-refractivity contribution in [2.75, 3.05) is 26.8 Å². The number of halogens is 1. The predicted molar refractivity (Wildman–Crippen MR) is 42.8 cm³/mol. The number of piperidine rings is 1. The van der Waals surface area contributed by atoms with E-state index in [1.165, 1.54) is 0 Å². The quantitative estimate of drug-likeness (QED) is 0.673. The average molecular weight is 175 g/mol. The first kappa shape index (κ1) is 9.45. The molecule has 0 saturated carbocycles. The molecule has 0 unspecified atom stereocenters. The van der Waals surface area contributed by atoms with Crippen LogP contribution in [0.15, 0.2) is 0 Å². The molecule has 0 aliphatic carbocycles. The van der Waals surface area contributed by atoms with E-state index >= 15 is 0 Å². The highest BCUT2D eigenvalue weighted by molar-refractivity contribution is 5.75. The maximum Gasteiger partial charge on any atom is 0.312 e. The normalized spacial score (nSPS) is 23.8. The largest absolute Gasteiger partial charge is 0.481 e. The van der Waals surface area contributed by atoms with Crippen LogP contribution in [0.4, 0.5) is 4.39 Å². The summed E-state index contributed by atoms with van der Waals surface area (Å²) >= 11 is 0. The summed E-state index contributed by atoms with van der Waals surface area (Å²) in [4.78, 5) is 12.8. The minimum Gasteiger partial charge on any atom is -0.481 e. The molecule has 1 heterocycles. The second kappa shape index (κ2) is 3.39. The van der Waals surface area contributed by atoms with Gasteiger partial charge < -0.3 is 10.0 Å². The molecule has 70 valence electrons. The van der Waals surface area contributed by atoms with Crippen molar-refractivity contribution in [3.8, 4) is 0 Å². The summed E-state index contributed by atoms with van der Waals surface area (Å²) in [5.41, 5.74) is -1.09. The van der Waals surface area contributed by atoms with Gasteiger partial charge in [0.25, 0.3) is 0 Å². The fraction of sp³-hybridized carbons (Fsp3) is 0.875. The minimum atomic E-state index is -1.09. The molecule has 1 fully saturated rings. The van der Waals surface area contributed by atoms with Gasteiger partial charge in [0.2, 0.25) is 0 Å². The molecule has 3 nitrogen and oxygen atoms in total. The van der Waals surface area contributed by atoms with Crippen molar-refractivity contribution in [2.45, 2.75) is 12.8 Å². The zero-order valence-corrected chi connectivity index (χ0v) is 7.22. The van der Waals surface area contributed by atoms with Crippen LogP contribution in [-0.4, -0.2) is 42.8 Å². The smallest absolute Gasteiger partial charge is 0.312 e. The Labute approximate surface area is 71.2 Å². The van der Waals surface area contributed by atoms with Crippen LogP contribution >= 0.6 is 0 Å². The number of hydrogen-bond donors (Lipinski definition) is 1. The molecule has 1 aliphatic rings. The molecule has 12 heavy (non-hydrogen) atoms. The second-order valence-electron chi connectivity index (χ2n) is 3.52. The van der Waals surface area contributed by atoms with Crippen LogP contribution in [0.5, 0.6) is 0 Å². The number of aliphatic carboxylic acids is 1. The highest BCUT2D eigenvalue weighted by atomic mass is 19.1. The van der Waals surface area contributed by atoms with E-state index in [0.29, 0.717) is 25.9 Å². The molecular weight excluding hydrogens is 161 g/mol. The van der Waals surface area contributed by atoms with Crippen molar-refractivity contribution in [3.05, 3.63) is 0 Å². The van der Waals surface area contributed by atoms with Crippen LogP contribution in [0.2, 0.25) is 0 Å². The van der Waals surface area contributed by atoms with Gasteiger partial charge in [-0.1, -0.05) is 0 Å². The molecule has 1 saturated heterocycles. The molecule has 0 aromatic carbocycles. The Morgan fingerprint density at radius 2 is 2.08 bits per heavy atom. The van der Waals surface area contributed by atoms with Crippen LogP contribution in [0, 0.1) is 5.41 Å². The summed E-state index contributed by atoms with van der Waals surface area (Å²) in [6.45, 7) is 0.614. The van der Waals surface area contributed by atoms with Gasteiger partial charge in [-0.25, -0.2) is 4.39 Å². The Bertz CT molecular complexity index is 176. The van der Waals surface area contributed by atoms with Gasteiger partial charge in [0.15, 0.2) is 0 Å². The standard InChI is InChI=1S/C8H14FNO2/c1-10-4-2-8(6-9,3-5-10)7(11)12/h2-6H2,1H3,(H,11,12). The van der Waals surface area contributed by atoms with Crippen LogP contribution in [0.3, 0.4) is 0 Å². The predicted octanol–water partition coefficient (Wildman–Crippen LogP) is 0.752. The molecule has 1 rings (SSSR count). The molecule has 0 spiro atoms. The molecule has 0 amide bonds. The van der Waals surface area contributed by atoms with Gasteiger partial charge in [0, 0.05) is 0 Å². The zero-order chi connectivity index (χ0) is 9.19. The summed E-state index contributed by atoms with van der Waals surface area (Å²) in [7, 11) is 1.92. The fourth-order valence-corrected chi connectivity index (χ4v) is 1.45. The number of rotatable bonds is 2. The van der Waals surface area contributed by atoms with Gasteiger partial charge in [-0.05, 0) is 33.0 Å². The number of hydrogen-bond acceptors (Lipinski definition) is 2. The Morgan fingerprint density at radius 1 is 1.58 bits per heavy atom. The summed E-state index contributed by atoms with van der Waals surface area (Å²) in [5, 5.41) is 8.82. The van der Waals surface area contributed by atoms with E-state index in [2.05, 4.69) is 0 Å². The minimum absolute atomic E-state index is 0.426. The third-order valence-corrected chi connectivity index (χ3v) is 2.65. The Kier molecular flexibility index (Phi) is 2.67. The van der Waals surface area contributed by atoms with Crippen LogP contribution < -0.4 is 0 Å². The lowest BCUT2D eigenvalue weighted by molar-refractivity contribution is -0.153. The van der Waals surface area contributed by atoms with Crippen molar-refractivity contribution >= 4 is 5.97 Å². The van der Waals surface area contributed by atoms with E-state index < -0.39 is 18.1 Å². The topological polar surface area (TPSA) is 40.5 Å². The van der Waals surface area contributed by atoms with E-state index in [1.807, 2.05) is 11.9 Å². The Morgan fingerprint density at radius 3 is 2.42 bits per heavy atom. The van der Waals surface area contributed by atoms with E-state index in [-0.39, 0.29) is 0 Å². The SMILES string of the molecule is CN1CCC(CF)(C(=O)O)CC1. The van der Waals surface area contributed by atoms with Crippen LogP contribution in [0.1, 0.15) is 12.8 Å². The third-order valence-electron chi connectivity index (χ3n) is 2.65. The molecule has 0 atom stereocenters. The average Bonchev–Trinajstić information content (AvgIpc) is 2.06. The number of alkyl halides is 1. The van der Waals surface area contributed by atoms with Crippen LogP contribution in [-0.2, 0) is 4.79 Å². The first-order valence-electron chi connectivity index (χ1n) is 4.09. The van der Waals surface area contributed by atoms with Crippen molar-refractivity contribution in [1.29, 1.82) is 0 Å². The van der Waals surface area contributed by atoms with E-state index in [9.17, 15) is 9.18 Å². The molecular formula is C8H14FNO2. The lowest BCUT2D eigenvalue weighted by Gasteiger charge is -2.35. The molecule has 1 N–H and O–H groups in total. The highest BCUT2D eigenvalue weighted by Gasteiger charge is 2.40. The second-order valence-corrected chi connectivity index (χ2v) is 3.52. The lowest BCUT2D eigenvalue weighted by atomic mass is 9.80. The van der Waals surface area contributed by atoms with Gasteiger partial charge in [-0.3, -0.25) is 4.79 Å². The van der Waals surface area contributed by atoms with Crippen molar-refractivity contribution in [1.82, 2.24) is 4.90 Å². The number of carboxylic acid groups (broad SMARTS) is 1. The zero-order valence-electron chi connectivity index (χ0n) is 7.22. The summed E-state index contributed by atoms with van der Waals surface area (Å²) in [5.74, 6) is -0.988. The molecule has 0 bridgehead atoms. The third kappa shape index (κ3) is 1.58. The van der Waals surface area contributed by atoms with E-state index in [4.69, 9.17) is 5.11 Å². The fourth-order valence-electron chi connectivity index (χ4n) is 1.45. The molecule has 0 aromatic heterocycles. The summed E-state index contributed by atoms with van der Waals surface area (Å²) in [6, 6.07) is 0. The highest BCUT2D eigenvalue weighted by Crippen LogP contribution is 2.31. The molecule has 1 aliphatic heterocycles. The number of likely N-dealkylation sites (tertiary alicyclic amines) is 1. The summed E-state index contributed by atoms with van der Waals surface area (Å²) in [6.07, 6.45) is 0.852. The first-order chi connectivity index (χ1) is 5.60. The van der Waals surface area contributed by atoms with E-state index in [0.717, 1.165) is 0 Å². The van der Waals surface area contributed by atoms with Gasteiger partial charge in [0.1, 0.15) is 6.67 Å². The maximum absolute atomic E-state index is 12.5. The maximum atomic E-state index is 12.5. The van der Waals surface area contributed by atoms with Crippen molar-refractivity contribution in [3.63, 3.8) is 0 Å². The van der Waals surface area contributed by atoms with Crippen molar-refractivity contribution < 1.29 is 14.3 Å². The van der Waals surface area contributed by atoms with Crippen molar-refractivity contribution in [2.24, 2.45) is 5.41 Å². The monoisotopic (exact) mass is 175 g/mol. The van der Waals surface area contributed by atoms with Gasteiger partial charge >= 0.3 is 5.97 Å². The van der Waals surface area contributed by atoms with E-state index in [1.54, 1.807) is 0 Å². The van der Waals surface area contributed by atoms with Crippen LogP contribution in [0.25, 0.3) is 0 Å². The number of nitrogens with zero attached hydrogens (tertiary/aromatic N) is 1. The molecule has 4 heteroatoms. The Hall–Kier alpha value is -0.640. The molecule has 0 radical (unpaired) electrons. The van der Waals surface area contributed by atoms with Gasteiger partial charge in [-0.15, -0.1) is 0 Å².